The van der Waals surface area contributed by atoms with E-state index in [1.165, 1.54) is 10.5 Å². The molecule has 1 N–H and O–H groups in total. The van der Waals surface area contributed by atoms with Crippen LogP contribution in [0.4, 0.5) is 10.1 Å². The van der Waals surface area contributed by atoms with Crippen molar-refractivity contribution >= 4 is 33.4 Å². The normalized spacial score (nSPS) is 17.1. The molecule has 4 heteroatoms. The smallest absolute Gasteiger partial charge is 0.137 e. The molecule has 1 aliphatic heterocycles. The van der Waals surface area contributed by atoms with Gasteiger partial charge in [-0.3, -0.25) is 0 Å². The van der Waals surface area contributed by atoms with Crippen molar-refractivity contribution in [1.29, 1.82) is 0 Å². The second-order valence-electron chi connectivity index (χ2n) is 5.01. The third-order valence-corrected chi connectivity index (χ3v) is 5.46. The van der Waals surface area contributed by atoms with Crippen LogP contribution in [0.1, 0.15) is 17.0 Å². The Kier molecular flexibility index (Phi) is 4.03. The zero-order chi connectivity index (χ0) is 14.1. The first-order valence-corrected chi connectivity index (χ1v) is 8.34. The highest BCUT2D eigenvalue weighted by Gasteiger charge is 2.22. The van der Waals surface area contributed by atoms with Crippen LogP contribution in [-0.4, -0.2) is 12.3 Å². The highest BCUT2D eigenvalue weighted by atomic mass is 79.9. The lowest BCUT2D eigenvalue weighted by Crippen LogP contribution is -2.13. The van der Waals surface area contributed by atoms with Crippen LogP contribution in [0.2, 0.25) is 0 Å². The van der Waals surface area contributed by atoms with E-state index >= 15 is 0 Å². The van der Waals surface area contributed by atoms with Crippen molar-refractivity contribution in [1.82, 2.24) is 0 Å². The van der Waals surface area contributed by atoms with Crippen molar-refractivity contribution in [2.24, 2.45) is 0 Å². The van der Waals surface area contributed by atoms with E-state index in [1.54, 1.807) is 6.07 Å². The first kappa shape index (κ1) is 14.0. The number of rotatable bonds is 3. The Morgan fingerprint density at radius 3 is 3.00 bits per heavy atom. The van der Waals surface area contributed by atoms with E-state index in [0.29, 0.717) is 10.4 Å². The molecule has 2 aromatic carbocycles. The maximum Gasteiger partial charge on any atom is 0.137 e. The summed E-state index contributed by atoms with van der Waals surface area (Å²) in [7, 11) is 0. The molecular formula is C16H15BrFNS. The zero-order valence-corrected chi connectivity index (χ0v) is 13.5. The van der Waals surface area contributed by atoms with Crippen LogP contribution < -0.4 is 5.32 Å². The molecule has 20 heavy (non-hydrogen) atoms. The number of anilines is 1. The number of hydrogen-bond acceptors (Lipinski definition) is 2. The van der Waals surface area contributed by atoms with Gasteiger partial charge < -0.3 is 5.32 Å². The number of hydrogen-bond donors (Lipinski definition) is 1. The molecule has 0 fully saturated rings. The molecule has 1 heterocycles. The number of fused-ring (bicyclic) bond motifs is 1. The summed E-state index contributed by atoms with van der Waals surface area (Å²) in [6.07, 6.45) is 0. The van der Waals surface area contributed by atoms with Gasteiger partial charge in [-0.15, -0.1) is 11.8 Å². The minimum absolute atomic E-state index is 0.213. The van der Waals surface area contributed by atoms with E-state index in [1.807, 2.05) is 24.8 Å². The molecule has 0 spiro atoms. The summed E-state index contributed by atoms with van der Waals surface area (Å²) in [5, 5.41) is 3.45. The predicted molar refractivity (Wildman–Crippen MR) is 87.2 cm³/mol. The Labute approximate surface area is 131 Å². The molecule has 0 saturated heterocycles. The van der Waals surface area contributed by atoms with E-state index in [0.717, 1.165) is 23.5 Å². The Bertz CT molecular complexity index is 644. The number of halogens is 2. The quantitative estimate of drug-likeness (QED) is 0.815. The minimum atomic E-state index is -0.213. The lowest BCUT2D eigenvalue weighted by atomic mass is 10.0. The maximum atomic E-state index is 13.4. The monoisotopic (exact) mass is 351 g/mol. The number of aryl methyl sites for hydroxylation is 1. The molecule has 1 nitrogen and oxygen atoms in total. The predicted octanol–water partition coefficient (Wildman–Crippen LogP) is 5.20. The maximum absolute atomic E-state index is 13.4. The number of benzene rings is 2. The van der Waals surface area contributed by atoms with Crippen molar-refractivity contribution < 1.29 is 4.39 Å². The van der Waals surface area contributed by atoms with E-state index in [9.17, 15) is 4.39 Å². The van der Waals surface area contributed by atoms with Gasteiger partial charge >= 0.3 is 0 Å². The molecule has 3 rings (SSSR count). The summed E-state index contributed by atoms with van der Waals surface area (Å²) in [5.41, 5.74) is 3.35. The standard InChI is InChI=1S/C16H15BrFNS/c1-10-6-14(18)13(17)7-15(10)19-8-11-9-20-16-5-3-2-4-12(11)16/h2-7,11,19H,8-9H2,1H3. The highest BCUT2D eigenvalue weighted by Crippen LogP contribution is 2.39. The Balaban J connectivity index is 1.74. The van der Waals surface area contributed by atoms with Gasteiger partial charge in [0.05, 0.1) is 4.47 Å². The van der Waals surface area contributed by atoms with Gasteiger partial charge in [-0.1, -0.05) is 18.2 Å². The van der Waals surface area contributed by atoms with Gasteiger partial charge in [0.2, 0.25) is 0 Å². The van der Waals surface area contributed by atoms with Crippen LogP contribution in [0.15, 0.2) is 45.8 Å². The molecule has 1 unspecified atom stereocenters. The molecule has 0 bridgehead atoms. The van der Waals surface area contributed by atoms with Gasteiger partial charge in [0.15, 0.2) is 0 Å². The van der Waals surface area contributed by atoms with Gasteiger partial charge in [0.25, 0.3) is 0 Å². The fraction of sp³-hybridized carbons (Fsp3) is 0.250. The summed E-state index contributed by atoms with van der Waals surface area (Å²) in [6.45, 7) is 2.80. The molecule has 104 valence electrons. The van der Waals surface area contributed by atoms with E-state index < -0.39 is 0 Å². The van der Waals surface area contributed by atoms with E-state index in [2.05, 4.69) is 45.5 Å². The van der Waals surface area contributed by atoms with Crippen molar-refractivity contribution in [3.8, 4) is 0 Å². The first-order valence-electron chi connectivity index (χ1n) is 6.56. The molecular weight excluding hydrogens is 337 g/mol. The van der Waals surface area contributed by atoms with Crippen LogP contribution in [0, 0.1) is 12.7 Å². The van der Waals surface area contributed by atoms with Gasteiger partial charge in [-0.05, 0) is 52.2 Å². The largest absolute Gasteiger partial charge is 0.384 e. The van der Waals surface area contributed by atoms with Crippen LogP contribution in [-0.2, 0) is 0 Å². The van der Waals surface area contributed by atoms with E-state index in [4.69, 9.17) is 0 Å². The molecule has 0 aromatic heterocycles. The topological polar surface area (TPSA) is 12.0 Å². The molecule has 0 aliphatic carbocycles. The number of thioether (sulfide) groups is 1. The molecule has 1 aliphatic rings. The molecule has 2 aromatic rings. The summed E-state index contributed by atoms with van der Waals surface area (Å²) < 4.78 is 13.9. The fourth-order valence-electron chi connectivity index (χ4n) is 2.47. The van der Waals surface area contributed by atoms with Crippen molar-refractivity contribution in [3.63, 3.8) is 0 Å². The van der Waals surface area contributed by atoms with Crippen LogP contribution in [0.5, 0.6) is 0 Å². The van der Waals surface area contributed by atoms with Gasteiger partial charge in [-0.2, -0.15) is 0 Å². The molecule has 0 saturated carbocycles. The lowest BCUT2D eigenvalue weighted by molar-refractivity contribution is 0.620. The molecule has 0 amide bonds. The van der Waals surface area contributed by atoms with Crippen molar-refractivity contribution in [2.75, 3.05) is 17.6 Å². The third-order valence-electron chi connectivity index (χ3n) is 3.61. The molecule has 1 atom stereocenters. The summed E-state index contributed by atoms with van der Waals surface area (Å²) in [4.78, 5) is 1.39. The highest BCUT2D eigenvalue weighted by molar-refractivity contribution is 9.10. The first-order chi connectivity index (χ1) is 9.65. The van der Waals surface area contributed by atoms with Crippen LogP contribution >= 0.6 is 27.7 Å². The van der Waals surface area contributed by atoms with Crippen LogP contribution in [0.3, 0.4) is 0 Å². The minimum Gasteiger partial charge on any atom is -0.384 e. The van der Waals surface area contributed by atoms with Crippen molar-refractivity contribution in [2.45, 2.75) is 17.7 Å². The summed E-state index contributed by atoms with van der Waals surface area (Å²) in [6, 6.07) is 11.9. The Morgan fingerprint density at radius 2 is 2.15 bits per heavy atom. The molecule has 0 radical (unpaired) electrons. The van der Waals surface area contributed by atoms with Gasteiger partial charge in [0.1, 0.15) is 5.82 Å². The van der Waals surface area contributed by atoms with Crippen LogP contribution in [0.25, 0.3) is 0 Å². The Morgan fingerprint density at radius 1 is 1.35 bits per heavy atom. The number of nitrogens with one attached hydrogen (secondary N) is 1. The van der Waals surface area contributed by atoms with Crippen molar-refractivity contribution in [3.05, 3.63) is 57.8 Å². The summed E-state index contributed by atoms with van der Waals surface area (Å²) in [5.74, 6) is 1.41. The fourth-order valence-corrected chi connectivity index (χ4v) is 4.07. The second kappa shape index (κ2) is 5.78. The Hall–Kier alpha value is -1.00. The average molecular weight is 352 g/mol. The zero-order valence-electron chi connectivity index (χ0n) is 11.1. The van der Waals surface area contributed by atoms with Gasteiger partial charge in [-0.25, -0.2) is 4.39 Å². The lowest BCUT2D eigenvalue weighted by Gasteiger charge is -2.15. The average Bonchev–Trinajstić information content (AvgIpc) is 2.85. The summed E-state index contributed by atoms with van der Waals surface area (Å²) >= 11 is 5.15. The SMILES string of the molecule is Cc1cc(F)c(Br)cc1NCC1CSc2ccccc21. The second-order valence-corrected chi connectivity index (χ2v) is 6.92. The van der Waals surface area contributed by atoms with E-state index in [-0.39, 0.29) is 5.82 Å². The van der Waals surface area contributed by atoms with Gasteiger partial charge in [0, 0.05) is 28.8 Å². The third kappa shape index (κ3) is 2.72.